The number of nitrogens with one attached hydrogen (secondary N) is 1. The van der Waals surface area contributed by atoms with Crippen LogP contribution in [0, 0.1) is 10.5 Å². The average Bonchev–Trinajstić information content (AvgIpc) is 2.18. The molecule has 0 spiro atoms. The standard InChI is InChI=1S/C12H18IN/c1-4-8-14-10(3)11-7-5-6-9(2)12(11)13/h5-7,10,14H,4,8H2,1-3H3. The summed E-state index contributed by atoms with van der Waals surface area (Å²) in [5.41, 5.74) is 2.78. The molecule has 0 aliphatic rings. The first-order valence-electron chi connectivity index (χ1n) is 5.15. The molecule has 0 radical (unpaired) electrons. The van der Waals surface area contributed by atoms with Crippen molar-refractivity contribution in [3.8, 4) is 0 Å². The molecule has 0 aliphatic heterocycles. The van der Waals surface area contributed by atoms with Crippen molar-refractivity contribution in [3.05, 3.63) is 32.9 Å². The van der Waals surface area contributed by atoms with Crippen LogP contribution in [-0.2, 0) is 0 Å². The van der Waals surface area contributed by atoms with Gasteiger partial charge in [0.25, 0.3) is 0 Å². The first-order valence-corrected chi connectivity index (χ1v) is 6.23. The lowest BCUT2D eigenvalue weighted by Gasteiger charge is -2.16. The fourth-order valence-electron chi connectivity index (χ4n) is 1.48. The van der Waals surface area contributed by atoms with E-state index in [-0.39, 0.29) is 0 Å². The molecule has 78 valence electrons. The van der Waals surface area contributed by atoms with Crippen molar-refractivity contribution in [1.29, 1.82) is 0 Å². The number of rotatable bonds is 4. The zero-order valence-corrected chi connectivity index (χ0v) is 11.3. The van der Waals surface area contributed by atoms with Crippen LogP contribution in [0.25, 0.3) is 0 Å². The Hall–Kier alpha value is -0.0900. The van der Waals surface area contributed by atoms with E-state index >= 15 is 0 Å². The van der Waals surface area contributed by atoms with Crippen molar-refractivity contribution in [2.45, 2.75) is 33.2 Å². The molecule has 1 unspecified atom stereocenters. The molecule has 0 saturated carbocycles. The lowest BCUT2D eigenvalue weighted by Crippen LogP contribution is -2.20. The maximum Gasteiger partial charge on any atom is 0.0302 e. The van der Waals surface area contributed by atoms with E-state index in [1.807, 2.05) is 0 Å². The number of halogens is 1. The minimum atomic E-state index is 0.460. The molecule has 1 aromatic carbocycles. The number of hydrogen-bond acceptors (Lipinski definition) is 1. The quantitative estimate of drug-likeness (QED) is 0.837. The van der Waals surface area contributed by atoms with Gasteiger partial charge in [0, 0.05) is 9.61 Å². The molecule has 2 heteroatoms. The summed E-state index contributed by atoms with van der Waals surface area (Å²) in [6.07, 6.45) is 1.19. The summed E-state index contributed by atoms with van der Waals surface area (Å²) in [4.78, 5) is 0. The van der Waals surface area contributed by atoms with E-state index in [2.05, 4.69) is 66.9 Å². The Labute approximate surface area is 100 Å². The second-order valence-electron chi connectivity index (χ2n) is 3.65. The summed E-state index contributed by atoms with van der Waals surface area (Å²) in [6.45, 7) is 7.68. The molecule has 1 nitrogen and oxygen atoms in total. The van der Waals surface area contributed by atoms with Gasteiger partial charge in [-0.15, -0.1) is 0 Å². The molecule has 1 rings (SSSR count). The normalized spacial score (nSPS) is 12.9. The number of hydrogen-bond donors (Lipinski definition) is 1. The smallest absolute Gasteiger partial charge is 0.0302 e. The van der Waals surface area contributed by atoms with Gasteiger partial charge in [-0.1, -0.05) is 25.1 Å². The van der Waals surface area contributed by atoms with Crippen molar-refractivity contribution in [2.24, 2.45) is 0 Å². The van der Waals surface area contributed by atoms with Gasteiger partial charge in [-0.25, -0.2) is 0 Å². The van der Waals surface area contributed by atoms with Gasteiger partial charge in [0.2, 0.25) is 0 Å². The third kappa shape index (κ3) is 2.95. The minimum absolute atomic E-state index is 0.460. The lowest BCUT2D eigenvalue weighted by atomic mass is 10.1. The molecule has 0 saturated heterocycles. The summed E-state index contributed by atoms with van der Waals surface area (Å²) >= 11 is 2.43. The fraction of sp³-hybridized carbons (Fsp3) is 0.500. The van der Waals surface area contributed by atoms with Crippen LogP contribution in [-0.4, -0.2) is 6.54 Å². The Bertz CT molecular complexity index is 296. The van der Waals surface area contributed by atoms with Gasteiger partial charge in [0.1, 0.15) is 0 Å². The summed E-state index contributed by atoms with van der Waals surface area (Å²) in [5, 5.41) is 3.51. The molecule has 1 atom stereocenters. The van der Waals surface area contributed by atoms with Crippen LogP contribution in [0.4, 0.5) is 0 Å². The van der Waals surface area contributed by atoms with E-state index in [9.17, 15) is 0 Å². The highest BCUT2D eigenvalue weighted by Crippen LogP contribution is 2.22. The van der Waals surface area contributed by atoms with Gasteiger partial charge >= 0.3 is 0 Å². The molecular weight excluding hydrogens is 285 g/mol. The largest absolute Gasteiger partial charge is 0.310 e. The summed E-state index contributed by atoms with van der Waals surface area (Å²) < 4.78 is 1.39. The number of benzene rings is 1. The second kappa shape index (κ2) is 5.71. The molecule has 0 fully saturated rings. The van der Waals surface area contributed by atoms with Crippen LogP contribution in [0.15, 0.2) is 18.2 Å². The topological polar surface area (TPSA) is 12.0 Å². The Morgan fingerprint density at radius 3 is 2.79 bits per heavy atom. The summed E-state index contributed by atoms with van der Waals surface area (Å²) in [5.74, 6) is 0. The first-order chi connectivity index (χ1) is 6.66. The average molecular weight is 303 g/mol. The van der Waals surface area contributed by atoms with Crippen LogP contribution in [0.3, 0.4) is 0 Å². The molecule has 1 N–H and O–H groups in total. The van der Waals surface area contributed by atoms with Gasteiger partial charge < -0.3 is 5.32 Å². The van der Waals surface area contributed by atoms with Crippen LogP contribution < -0.4 is 5.32 Å². The van der Waals surface area contributed by atoms with Gasteiger partial charge in [-0.3, -0.25) is 0 Å². The lowest BCUT2D eigenvalue weighted by molar-refractivity contribution is 0.568. The molecule has 0 bridgehead atoms. The molecule has 0 aromatic heterocycles. The minimum Gasteiger partial charge on any atom is -0.310 e. The summed E-state index contributed by atoms with van der Waals surface area (Å²) in [7, 11) is 0. The third-order valence-electron chi connectivity index (χ3n) is 2.39. The zero-order chi connectivity index (χ0) is 10.6. The van der Waals surface area contributed by atoms with Gasteiger partial charge in [-0.05, 0) is 60.5 Å². The van der Waals surface area contributed by atoms with E-state index in [0.717, 1.165) is 6.54 Å². The van der Waals surface area contributed by atoms with Gasteiger partial charge in [0.15, 0.2) is 0 Å². The molecule has 0 heterocycles. The molecule has 0 amide bonds. The Morgan fingerprint density at radius 2 is 2.14 bits per heavy atom. The third-order valence-corrected chi connectivity index (χ3v) is 3.86. The molecule has 0 aliphatic carbocycles. The molecular formula is C12H18IN. The van der Waals surface area contributed by atoms with E-state index in [1.54, 1.807) is 0 Å². The molecule has 1 aromatic rings. The highest BCUT2D eigenvalue weighted by molar-refractivity contribution is 14.1. The van der Waals surface area contributed by atoms with E-state index < -0.39 is 0 Å². The Morgan fingerprint density at radius 1 is 1.43 bits per heavy atom. The monoisotopic (exact) mass is 303 g/mol. The van der Waals surface area contributed by atoms with Crippen molar-refractivity contribution in [1.82, 2.24) is 5.32 Å². The van der Waals surface area contributed by atoms with Crippen molar-refractivity contribution in [2.75, 3.05) is 6.54 Å². The maximum absolute atomic E-state index is 3.51. The molecule has 14 heavy (non-hydrogen) atoms. The fourth-order valence-corrected chi connectivity index (χ4v) is 2.30. The Balaban J connectivity index is 2.79. The highest BCUT2D eigenvalue weighted by Gasteiger charge is 2.08. The van der Waals surface area contributed by atoms with E-state index in [1.165, 1.54) is 21.1 Å². The second-order valence-corrected chi connectivity index (χ2v) is 4.73. The van der Waals surface area contributed by atoms with Gasteiger partial charge in [-0.2, -0.15) is 0 Å². The Kier molecular flexibility index (Phi) is 4.89. The van der Waals surface area contributed by atoms with Crippen LogP contribution in [0.5, 0.6) is 0 Å². The SMILES string of the molecule is CCCNC(C)c1cccc(C)c1I. The van der Waals surface area contributed by atoms with Crippen LogP contribution in [0.2, 0.25) is 0 Å². The highest BCUT2D eigenvalue weighted by atomic mass is 127. The van der Waals surface area contributed by atoms with Crippen molar-refractivity contribution in [3.63, 3.8) is 0 Å². The van der Waals surface area contributed by atoms with Crippen molar-refractivity contribution >= 4 is 22.6 Å². The zero-order valence-electron chi connectivity index (χ0n) is 9.10. The first kappa shape index (κ1) is 12.0. The predicted molar refractivity (Wildman–Crippen MR) is 70.6 cm³/mol. The van der Waals surface area contributed by atoms with E-state index in [0.29, 0.717) is 6.04 Å². The maximum atomic E-state index is 3.51. The van der Waals surface area contributed by atoms with E-state index in [4.69, 9.17) is 0 Å². The predicted octanol–water partition coefficient (Wildman–Crippen LogP) is 3.66. The van der Waals surface area contributed by atoms with Crippen LogP contribution in [0.1, 0.15) is 37.4 Å². The number of aryl methyl sites for hydroxylation is 1. The summed E-state index contributed by atoms with van der Waals surface area (Å²) in [6, 6.07) is 6.97. The van der Waals surface area contributed by atoms with Crippen molar-refractivity contribution < 1.29 is 0 Å². The van der Waals surface area contributed by atoms with Gasteiger partial charge in [0.05, 0.1) is 0 Å². The van der Waals surface area contributed by atoms with Crippen LogP contribution >= 0.6 is 22.6 Å².